The van der Waals surface area contributed by atoms with E-state index in [0.717, 1.165) is 16.5 Å². The molecule has 0 aliphatic heterocycles. The van der Waals surface area contributed by atoms with Gasteiger partial charge < -0.3 is 16.0 Å². The van der Waals surface area contributed by atoms with Crippen molar-refractivity contribution >= 4 is 74.5 Å². The molecule has 0 aliphatic rings. The minimum atomic E-state index is -1.75. The number of benzene rings is 2. The van der Waals surface area contributed by atoms with Crippen LogP contribution in [0.3, 0.4) is 0 Å². The second kappa shape index (κ2) is 8.21. The Labute approximate surface area is 160 Å². The fourth-order valence-electron chi connectivity index (χ4n) is 2.09. The van der Waals surface area contributed by atoms with Crippen LogP contribution in [0, 0.1) is 0 Å². The van der Waals surface area contributed by atoms with E-state index in [0.29, 0.717) is 0 Å². The van der Waals surface area contributed by atoms with E-state index < -0.39 is 9.96 Å². The molecule has 2 aromatic rings. The lowest BCUT2D eigenvalue weighted by molar-refractivity contribution is -0.121. The van der Waals surface area contributed by atoms with Crippen LogP contribution in [-0.2, 0) is 4.79 Å². The molecule has 0 saturated heterocycles. The molecule has 0 aromatic heterocycles. The Balaban J connectivity index is 2.14. The van der Waals surface area contributed by atoms with Crippen LogP contribution < -0.4 is 16.0 Å². The average molecular weight is 405 g/mol. The summed E-state index contributed by atoms with van der Waals surface area (Å²) in [4.78, 5) is 11.6. The summed E-state index contributed by atoms with van der Waals surface area (Å²) < 4.78 is -1.75. The highest BCUT2D eigenvalue weighted by Gasteiger charge is 2.34. The Hall–Kier alpha value is -1.27. The van der Waals surface area contributed by atoms with E-state index in [1.165, 1.54) is 0 Å². The Bertz CT molecular complexity index is 743. The lowest BCUT2D eigenvalue weighted by Crippen LogP contribution is -2.56. The second-order valence-corrected chi connectivity index (χ2v) is 7.80. The monoisotopic (exact) mass is 403 g/mol. The molecule has 2 aromatic carbocycles. The lowest BCUT2D eigenvalue weighted by Gasteiger charge is -2.27. The molecule has 0 radical (unpaired) electrons. The van der Waals surface area contributed by atoms with Gasteiger partial charge in [0.1, 0.15) is 6.17 Å². The van der Waals surface area contributed by atoms with Gasteiger partial charge in [0.25, 0.3) is 0 Å². The molecule has 8 heteroatoms. The summed E-state index contributed by atoms with van der Waals surface area (Å²) in [7, 11) is 0. The molecule has 0 aliphatic carbocycles. The molecule has 0 spiro atoms. The van der Waals surface area contributed by atoms with E-state index in [-0.39, 0.29) is 17.4 Å². The first-order chi connectivity index (χ1) is 11.3. The molecule has 0 saturated carbocycles. The van der Waals surface area contributed by atoms with Gasteiger partial charge in [0.15, 0.2) is 5.11 Å². The first kappa shape index (κ1) is 19.1. The average Bonchev–Trinajstić information content (AvgIpc) is 2.53. The zero-order valence-electron chi connectivity index (χ0n) is 12.8. The van der Waals surface area contributed by atoms with Gasteiger partial charge in [-0.1, -0.05) is 78.1 Å². The number of fused-ring (bicyclic) bond motifs is 1. The predicted molar refractivity (Wildman–Crippen MR) is 106 cm³/mol. The highest BCUT2D eigenvalue weighted by molar-refractivity contribution is 7.80. The summed E-state index contributed by atoms with van der Waals surface area (Å²) in [5.74, 6) is -0.258. The van der Waals surface area contributed by atoms with Crippen molar-refractivity contribution in [2.75, 3.05) is 5.32 Å². The van der Waals surface area contributed by atoms with E-state index in [2.05, 4.69) is 16.0 Å². The van der Waals surface area contributed by atoms with Crippen LogP contribution in [0.25, 0.3) is 10.8 Å². The third-order valence-electron chi connectivity index (χ3n) is 3.27. The zero-order valence-corrected chi connectivity index (χ0v) is 15.9. The minimum Gasteiger partial charge on any atom is -0.339 e. The van der Waals surface area contributed by atoms with Crippen molar-refractivity contribution in [2.24, 2.45) is 0 Å². The van der Waals surface area contributed by atoms with Crippen LogP contribution in [0.2, 0.25) is 0 Å². The van der Waals surface area contributed by atoms with E-state index in [1.54, 1.807) is 6.92 Å². The smallest absolute Gasteiger partial charge is 0.228 e. The highest BCUT2D eigenvalue weighted by Crippen LogP contribution is 2.29. The molecule has 3 N–H and O–H groups in total. The van der Waals surface area contributed by atoms with E-state index in [4.69, 9.17) is 47.0 Å². The van der Waals surface area contributed by atoms with Crippen molar-refractivity contribution in [1.82, 2.24) is 10.6 Å². The van der Waals surface area contributed by atoms with Gasteiger partial charge in [0.2, 0.25) is 9.70 Å². The first-order valence-corrected chi connectivity index (χ1v) is 8.77. The molecule has 0 bridgehead atoms. The lowest BCUT2D eigenvalue weighted by atomic mass is 10.1. The summed E-state index contributed by atoms with van der Waals surface area (Å²) in [6.07, 6.45) is -0.687. The number of amides is 1. The molecule has 128 valence electrons. The van der Waals surface area contributed by atoms with Crippen molar-refractivity contribution in [3.05, 3.63) is 42.5 Å². The Morgan fingerprint density at radius 1 is 1.12 bits per heavy atom. The number of nitrogens with one attached hydrogen (secondary N) is 3. The van der Waals surface area contributed by atoms with Gasteiger partial charge in [0, 0.05) is 17.5 Å². The van der Waals surface area contributed by atoms with Gasteiger partial charge in [-0.25, -0.2) is 0 Å². The van der Waals surface area contributed by atoms with Gasteiger partial charge in [-0.3, -0.25) is 4.79 Å². The van der Waals surface area contributed by atoms with Crippen LogP contribution >= 0.6 is 47.0 Å². The SMILES string of the molecule is CCC(=O)N[C@H](NC(=S)Nc1cccc2ccccc12)C(Cl)(Cl)Cl. The number of hydrogen-bond donors (Lipinski definition) is 3. The molecular formula is C16H16Cl3N3OS. The van der Waals surface area contributed by atoms with Crippen LogP contribution in [0.1, 0.15) is 13.3 Å². The maximum absolute atomic E-state index is 11.6. The molecule has 2 rings (SSSR count). The molecule has 0 fully saturated rings. The Morgan fingerprint density at radius 3 is 2.46 bits per heavy atom. The number of thiocarbonyl (C=S) groups is 1. The van der Waals surface area contributed by atoms with Crippen LogP contribution in [-0.4, -0.2) is 21.0 Å². The van der Waals surface area contributed by atoms with Crippen LogP contribution in [0.5, 0.6) is 0 Å². The van der Waals surface area contributed by atoms with Gasteiger partial charge in [-0.05, 0) is 23.7 Å². The Morgan fingerprint density at radius 2 is 1.79 bits per heavy atom. The third kappa shape index (κ3) is 5.11. The summed E-state index contributed by atoms with van der Waals surface area (Å²) >= 11 is 23.0. The van der Waals surface area contributed by atoms with Gasteiger partial charge in [-0.15, -0.1) is 0 Å². The molecule has 4 nitrogen and oxygen atoms in total. The number of halogens is 3. The number of carbonyl (C=O) groups excluding carboxylic acids is 1. The maximum Gasteiger partial charge on any atom is 0.228 e. The normalized spacial score (nSPS) is 12.5. The molecule has 0 heterocycles. The zero-order chi connectivity index (χ0) is 17.7. The summed E-state index contributed by atoms with van der Waals surface area (Å²) in [5, 5.41) is 10.8. The Kier molecular flexibility index (Phi) is 6.52. The molecular weight excluding hydrogens is 389 g/mol. The van der Waals surface area contributed by atoms with Crippen LogP contribution in [0.4, 0.5) is 5.69 Å². The number of anilines is 1. The standard InChI is InChI=1S/C16H16Cl3N3OS/c1-2-13(23)21-14(16(17,18)19)22-15(24)20-12-9-5-7-10-6-3-4-8-11(10)12/h3-9,14H,2H2,1H3,(H,21,23)(H2,20,22,24)/t14-/m1/s1. The summed E-state index contributed by atoms with van der Waals surface area (Å²) in [6, 6.07) is 13.7. The van der Waals surface area contributed by atoms with Crippen molar-refractivity contribution in [2.45, 2.75) is 23.3 Å². The number of alkyl halides is 3. The first-order valence-electron chi connectivity index (χ1n) is 7.22. The highest BCUT2D eigenvalue weighted by atomic mass is 35.6. The largest absolute Gasteiger partial charge is 0.339 e. The van der Waals surface area contributed by atoms with Gasteiger partial charge >= 0.3 is 0 Å². The second-order valence-electron chi connectivity index (χ2n) is 5.02. The van der Waals surface area contributed by atoms with E-state index in [9.17, 15) is 4.79 Å². The molecule has 1 atom stereocenters. The van der Waals surface area contributed by atoms with Crippen molar-refractivity contribution in [3.63, 3.8) is 0 Å². The van der Waals surface area contributed by atoms with E-state index >= 15 is 0 Å². The van der Waals surface area contributed by atoms with E-state index in [1.807, 2.05) is 42.5 Å². The molecule has 1 amide bonds. The van der Waals surface area contributed by atoms with Gasteiger partial charge in [0.05, 0.1) is 0 Å². The topological polar surface area (TPSA) is 53.2 Å². The fourth-order valence-corrected chi connectivity index (χ4v) is 2.64. The van der Waals surface area contributed by atoms with Crippen molar-refractivity contribution in [1.29, 1.82) is 0 Å². The molecule has 0 unspecified atom stereocenters. The predicted octanol–water partition coefficient (Wildman–Crippen LogP) is 4.35. The summed E-state index contributed by atoms with van der Waals surface area (Å²) in [6.45, 7) is 1.71. The van der Waals surface area contributed by atoms with Crippen molar-refractivity contribution in [3.8, 4) is 0 Å². The number of hydrogen-bond acceptors (Lipinski definition) is 2. The van der Waals surface area contributed by atoms with Crippen LogP contribution in [0.15, 0.2) is 42.5 Å². The maximum atomic E-state index is 11.6. The molecule has 24 heavy (non-hydrogen) atoms. The van der Waals surface area contributed by atoms with Crippen molar-refractivity contribution < 1.29 is 4.79 Å². The third-order valence-corrected chi connectivity index (χ3v) is 4.14. The quantitative estimate of drug-likeness (QED) is 0.403. The summed E-state index contributed by atoms with van der Waals surface area (Å²) in [5.41, 5.74) is 0.815. The fraction of sp³-hybridized carbons (Fsp3) is 0.250. The minimum absolute atomic E-state index is 0.235. The number of carbonyl (C=O) groups is 1. The number of rotatable bonds is 4. The van der Waals surface area contributed by atoms with Gasteiger partial charge in [-0.2, -0.15) is 0 Å².